The fourth-order valence-corrected chi connectivity index (χ4v) is 3.75. The zero-order valence-electron chi connectivity index (χ0n) is 18.0. The summed E-state index contributed by atoms with van der Waals surface area (Å²) in [5.74, 6) is -0.0152. The van der Waals surface area contributed by atoms with Gasteiger partial charge in [0.25, 0.3) is 0 Å². The van der Waals surface area contributed by atoms with Crippen LogP contribution in [0.15, 0.2) is 54.6 Å². The molecule has 0 radical (unpaired) electrons. The van der Waals surface area contributed by atoms with Crippen LogP contribution in [-0.4, -0.2) is 60.8 Å². The van der Waals surface area contributed by atoms with E-state index >= 15 is 0 Å². The van der Waals surface area contributed by atoms with E-state index in [-0.39, 0.29) is 24.5 Å². The number of hydrogen-bond acceptors (Lipinski definition) is 4. The molecule has 0 atom stereocenters. The molecule has 1 N–H and O–H groups in total. The minimum atomic E-state index is -0.0451. The Bertz CT molecular complexity index is 797. The normalized spacial score (nSPS) is 15.1. The number of hydrogen-bond donors (Lipinski definition) is 1. The molecule has 0 aliphatic carbocycles. The first kappa shape index (κ1) is 22.2. The summed E-state index contributed by atoms with van der Waals surface area (Å²) in [5.41, 5.74) is 3.26. The molecular weight excluding hydrogens is 374 g/mol. The summed E-state index contributed by atoms with van der Waals surface area (Å²) in [7, 11) is 0. The third-order valence-corrected chi connectivity index (χ3v) is 5.73. The highest BCUT2D eigenvalue weighted by atomic mass is 16.2. The van der Waals surface area contributed by atoms with Crippen LogP contribution in [0.25, 0.3) is 0 Å². The standard InChI is InChI=1S/C25H33N3O2/c1-2-21-8-10-23(11-9-21)24(29)12-13-25(30)26-14-15-27-16-18-28(19-17-27)20-22-6-4-3-5-7-22/h3-11H,2,12-20H2,1H3,(H,26,30). The van der Waals surface area contributed by atoms with Gasteiger partial charge >= 0.3 is 0 Å². The highest BCUT2D eigenvalue weighted by Crippen LogP contribution is 2.10. The Balaban J connectivity index is 1.28. The number of amides is 1. The minimum Gasteiger partial charge on any atom is -0.355 e. The van der Waals surface area contributed by atoms with E-state index in [0.717, 1.165) is 45.7 Å². The van der Waals surface area contributed by atoms with Crippen LogP contribution in [0.3, 0.4) is 0 Å². The van der Waals surface area contributed by atoms with E-state index in [1.807, 2.05) is 24.3 Å². The molecule has 2 aromatic carbocycles. The summed E-state index contributed by atoms with van der Waals surface area (Å²) < 4.78 is 0. The number of carbonyl (C=O) groups is 2. The van der Waals surface area contributed by atoms with Gasteiger partial charge in [-0.2, -0.15) is 0 Å². The summed E-state index contributed by atoms with van der Waals surface area (Å²) in [6.45, 7) is 8.73. The van der Waals surface area contributed by atoms with Gasteiger partial charge in [0.1, 0.15) is 0 Å². The Morgan fingerprint density at radius 3 is 2.17 bits per heavy atom. The quantitative estimate of drug-likeness (QED) is 0.615. The Kier molecular flexibility index (Phi) is 8.60. The first-order valence-corrected chi connectivity index (χ1v) is 11.0. The Hall–Kier alpha value is -2.50. The molecule has 5 nitrogen and oxygen atoms in total. The number of carbonyl (C=O) groups excluding carboxylic acids is 2. The average molecular weight is 408 g/mol. The minimum absolute atomic E-state index is 0.0299. The highest BCUT2D eigenvalue weighted by Gasteiger charge is 2.17. The van der Waals surface area contributed by atoms with Crippen LogP contribution in [-0.2, 0) is 17.8 Å². The van der Waals surface area contributed by atoms with E-state index in [0.29, 0.717) is 12.1 Å². The second-order valence-electron chi connectivity index (χ2n) is 7.93. The summed E-state index contributed by atoms with van der Waals surface area (Å²) in [6, 6.07) is 18.2. The van der Waals surface area contributed by atoms with Gasteiger partial charge in [-0.05, 0) is 17.5 Å². The number of piperazine rings is 1. The molecule has 0 aromatic heterocycles. The first-order chi connectivity index (χ1) is 14.6. The smallest absolute Gasteiger partial charge is 0.220 e. The maximum absolute atomic E-state index is 12.2. The van der Waals surface area contributed by atoms with E-state index in [1.165, 1.54) is 11.1 Å². The second-order valence-corrected chi connectivity index (χ2v) is 7.93. The molecular formula is C25H33N3O2. The van der Waals surface area contributed by atoms with Crippen molar-refractivity contribution in [3.63, 3.8) is 0 Å². The van der Waals surface area contributed by atoms with Gasteiger partial charge in [0, 0.05) is 64.2 Å². The molecule has 2 aromatic rings. The van der Waals surface area contributed by atoms with E-state index in [2.05, 4.69) is 52.4 Å². The van der Waals surface area contributed by atoms with E-state index in [4.69, 9.17) is 0 Å². The molecule has 30 heavy (non-hydrogen) atoms. The van der Waals surface area contributed by atoms with Crippen molar-refractivity contribution < 1.29 is 9.59 Å². The third-order valence-electron chi connectivity index (χ3n) is 5.73. The lowest BCUT2D eigenvalue weighted by Crippen LogP contribution is -2.48. The van der Waals surface area contributed by atoms with Crippen LogP contribution in [0.1, 0.15) is 41.3 Å². The highest BCUT2D eigenvalue weighted by molar-refractivity contribution is 5.97. The van der Waals surface area contributed by atoms with Crippen LogP contribution in [0.2, 0.25) is 0 Å². The van der Waals surface area contributed by atoms with E-state index in [9.17, 15) is 9.59 Å². The van der Waals surface area contributed by atoms with Crippen molar-refractivity contribution in [2.24, 2.45) is 0 Å². The number of Topliss-reactive ketones (excluding diaryl/α,β-unsaturated/α-hetero) is 1. The molecule has 1 saturated heterocycles. The molecule has 1 amide bonds. The molecule has 1 fully saturated rings. The summed E-state index contributed by atoms with van der Waals surface area (Å²) in [4.78, 5) is 29.2. The molecule has 160 valence electrons. The zero-order valence-corrected chi connectivity index (χ0v) is 18.0. The summed E-state index contributed by atoms with van der Waals surface area (Å²) in [5, 5.41) is 2.96. The Morgan fingerprint density at radius 1 is 0.833 bits per heavy atom. The number of benzene rings is 2. The number of nitrogens with zero attached hydrogens (tertiary/aromatic N) is 2. The average Bonchev–Trinajstić information content (AvgIpc) is 2.79. The lowest BCUT2D eigenvalue weighted by Gasteiger charge is -2.34. The van der Waals surface area contributed by atoms with Crippen LogP contribution in [0.5, 0.6) is 0 Å². The fraction of sp³-hybridized carbons (Fsp3) is 0.440. The van der Waals surface area contributed by atoms with Crippen LogP contribution >= 0.6 is 0 Å². The van der Waals surface area contributed by atoms with Crippen molar-refractivity contribution in [2.75, 3.05) is 39.3 Å². The van der Waals surface area contributed by atoms with E-state index in [1.54, 1.807) is 0 Å². The second kappa shape index (κ2) is 11.6. The van der Waals surface area contributed by atoms with Crippen molar-refractivity contribution >= 4 is 11.7 Å². The van der Waals surface area contributed by atoms with Crippen molar-refractivity contribution in [1.29, 1.82) is 0 Å². The molecule has 0 saturated carbocycles. The van der Waals surface area contributed by atoms with Gasteiger partial charge in [0.05, 0.1) is 0 Å². The molecule has 5 heteroatoms. The molecule has 1 aliphatic rings. The molecule has 3 rings (SSSR count). The van der Waals surface area contributed by atoms with Crippen molar-refractivity contribution in [3.8, 4) is 0 Å². The van der Waals surface area contributed by atoms with Crippen LogP contribution in [0, 0.1) is 0 Å². The maximum atomic E-state index is 12.2. The predicted molar refractivity (Wildman–Crippen MR) is 121 cm³/mol. The molecule has 0 spiro atoms. The summed E-state index contributed by atoms with van der Waals surface area (Å²) in [6.07, 6.45) is 1.47. The predicted octanol–water partition coefficient (Wildman–Crippen LogP) is 3.15. The zero-order chi connectivity index (χ0) is 21.2. The summed E-state index contributed by atoms with van der Waals surface area (Å²) >= 11 is 0. The molecule has 0 bridgehead atoms. The van der Waals surface area contributed by atoms with Crippen LogP contribution in [0.4, 0.5) is 0 Å². The Labute approximate surface area is 180 Å². The van der Waals surface area contributed by atoms with Gasteiger partial charge in [0.15, 0.2) is 5.78 Å². The SMILES string of the molecule is CCc1ccc(C(=O)CCC(=O)NCCN2CCN(Cc3ccccc3)CC2)cc1. The lowest BCUT2D eigenvalue weighted by molar-refractivity contribution is -0.121. The number of aryl methyl sites for hydroxylation is 1. The van der Waals surface area contributed by atoms with Crippen molar-refractivity contribution in [3.05, 3.63) is 71.3 Å². The van der Waals surface area contributed by atoms with Gasteiger partial charge in [-0.1, -0.05) is 61.5 Å². The van der Waals surface area contributed by atoms with Crippen molar-refractivity contribution in [2.45, 2.75) is 32.7 Å². The third kappa shape index (κ3) is 7.08. The number of ketones is 1. The van der Waals surface area contributed by atoms with Gasteiger partial charge in [-0.15, -0.1) is 0 Å². The van der Waals surface area contributed by atoms with Crippen molar-refractivity contribution in [1.82, 2.24) is 15.1 Å². The van der Waals surface area contributed by atoms with E-state index < -0.39 is 0 Å². The monoisotopic (exact) mass is 407 g/mol. The van der Waals surface area contributed by atoms with Gasteiger partial charge in [-0.25, -0.2) is 0 Å². The molecule has 1 heterocycles. The van der Waals surface area contributed by atoms with Gasteiger partial charge in [0.2, 0.25) is 5.91 Å². The molecule has 1 aliphatic heterocycles. The number of nitrogens with one attached hydrogen (secondary N) is 1. The van der Waals surface area contributed by atoms with Crippen LogP contribution < -0.4 is 5.32 Å². The van der Waals surface area contributed by atoms with Gasteiger partial charge in [-0.3, -0.25) is 19.4 Å². The topological polar surface area (TPSA) is 52.7 Å². The fourth-order valence-electron chi connectivity index (χ4n) is 3.75. The molecule has 0 unspecified atom stereocenters. The maximum Gasteiger partial charge on any atom is 0.220 e. The number of rotatable bonds is 10. The first-order valence-electron chi connectivity index (χ1n) is 11.0. The lowest BCUT2D eigenvalue weighted by atomic mass is 10.0. The van der Waals surface area contributed by atoms with Gasteiger partial charge < -0.3 is 5.32 Å². The largest absolute Gasteiger partial charge is 0.355 e. The Morgan fingerprint density at radius 2 is 1.50 bits per heavy atom.